The van der Waals surface area contributed by atoms with Crippen LogP contribution in [0.3, 0.4) is 0 Å². The molecule has 5 heteroatoms. The lowest BCUT2D eigenvalue weighted by atomic mass is 10.1. The summed E-state index contributed by atoms with van der Waals surface area (Å²) in [4.78, 5) is 19.8. The van der Waals surface area contributed by atoms with Crippen molar-refractivity contribution < 1.29 is 4.79 Å². The average molecular weight is 319 g/mol. The van der Waals surface area contributed by atoms with Crippen LogP contribution in [-0.4, -0.2) is 27.7 Å². The molecule has 0 saturated heterocycles. The standard InChI is InChI=1S/C17H25N3OS/c1-3-5-9-13(8-4-2)18-16(21)12-22-17-19-14-10-6-7-11-15(14)20-17/h6-7,10-11,13H,3-5,8-9,12H2,1-2H3,(H,18,21)(H,19,20). The monoisotopic (exact) mass is 319 g/mol. The third kappa shape index (κ3) is 5.05. The minimum atomic E-state index is 0.0972. The fraction of sp³-hybridized carbons (Fsp3) is 0.529. The Morgan fingerprint density at radius 1 is 1.27 bits per heavy atom. The van der Waals surface area contributed by atoms with E-state index < -0.39 is 0 Å². The summed E-state index contributed by atoms with van der Waals surface area (Å²) in [6.07, 6.45) is 5.57. The second-order valence-electron chi connectivity index (χ2n) is 5.54. The zero-order chi connectivity index (χ0) is 15.8. The van der Waals surface area contributed by atoms with Crippen molar-refractivity contribution in [1.29, 1.82) is 0 Å². The number of fused-ring (bicyclic) bond motifs is 1. The van der Waals surface area contributed by atoms with Gasteiger partial charge in [0.2, 0.25) is 5.91 Å². The number of hydrogen-bond acceptors (Lipinski definition) is 3. The van der Waals surface area contributed by atoms with Gasteiger partial charge >= 0.3 is 0 Å². The minimum absolute atomic E-state index is 0.0972. The number of aromatic amines is 1. The maximum absolute atomic E-state index is 12.1. The number of rotatable bonds is 9. The number of nitrogens with zero attached hydrogens (tertiary/aromatic N) is 1. The van der Waals surface area contributed by atoms with Crippen LogP contribution in [0.5, 0.6) is 0 Å². The predicted molar refractivity (Wildman–Crippen MR) is 93.2 cm³/mol. The van der Waals surface area contributed by atoms with Crippen molar-refractivity contribution in [3.63, 3.8) is 0 Å². The summed E-state index contributed by atoms with van der Waals surface area (Å²) in [6.45, 7) is 4.34. The second kappa shape index (κ2) is 8.83. The maximum Gasteiger partial charge on any atom is 0.230 e. The van der Waals surface area contributed by atoms with Crippen molar-refractivity contribution in [2.24, 2.45) is 0 Å². The van der Waals surface area contributed by atoms with Gasteiger partial charge in [-0.1, -0.05) is 57.0 Å². The number of carbonyl (C=O) groups excluding carboxylic acids is 1. The Kier molecular flexibility index (Phi) is 6.77. The number of thioether (sulfide) groups is 1. The van der Waals surface area contributed by atoms with Crippen LogP contribution in [0.15, 0.2) is 29.4 Å². The van der Waals surface area contributed by atoms with Crippen LogP contribution in [0.2, 0.25) is 0 Å². The van der Waals surface area contributed by atoms with Gasteiger partial charge in [0, 0.05) is 6.04 Å². The van der Waals surface area contributed by atoms with E-state index in [-0.39, 0.29) is 5.91 Å². The van der Waals surface area contributed by atoms with E-state index in [1.54, 1.807) is 0 Å². The molecule has 1 aromatic carbocycles. The Hall–Kier alpha value is -1.49. The van der Waals surface area contributed by atoms with E-state index in [1.165, 1.54) is 24.6 Å². The van der Waals surface area contributed by atoms with Gasteiger partial charge in [0.25, 0.3) is 0 Å². The molecule has 1 amide bonds. The van der Waals surface area contributed by atoms with Gasteiger partial charge < -0.3 is 10.3 Å². The number of benzene rings is 1. The Balaban J connectivity index is 1.83. The molecule has 4 nitrogen and oxygen atoms in total. The summed E-state index contributed by atoms with van der Waals surface area (Å²) in [5.41, 5.74) is 1.95. The number of amides is 1. The van der Waals surface area contributed by atoms with Gasteiger partial charge in [-0.25, -0.2) is 4.98 Å². The van der Waals surface area contributed by atoms with Gasteiger partial charge in [-0.15, -0.1) is 0 Å². The third-order valence-corrected chi connectivity index (χ3v) is 4.49. The SMILES string of the molecule is CCCCC(CCC)NC(=O)CSc1nc2ccccc2[nH]1. The summed E-state index contributed by atoms with van der Waals surface area (Å²) in [5, 5.41) is 3.96. The zero-order valence-electron chi connectivity index (χ0n) is 13.4. The molecule has 0 aliphatic carbocycles. The molecular formula is C17H25N3OS. The average Bonchev–Trinajstić information content (AvgIpc) is 2.94. The first-order valence-corrected chi connectivity index (χ1v) is 9.08. The van der Waals surface area contributed by atoms with Crippen molar-refractivity contribution in [2.75, 3.05) is 5.75 Å². The van der Waals surface area contributed by atoms with Crippen LogP contribution in [0.1, 0.15) is 46.0 Å². The molecule has 0 saturated carbocycles. The molecule has 0 aliphatic heterocycles. The topological polar surface area (TPSA) is 57.8 Å². The van der Waals surface area contributed by atoms with Gasteiger partial charge in [-0.05, 0) is 25.0 Å². The van der Waals surface area contributed by atoms with Gasteiger partial charge in [0.15, 0.2) is 5.16 Å². The van der Waals surface area contributed by atoms with Crippen molar-refractivity contribution in [3.8, 4) is 0 Å². The highest BCUT2D eigenvalue weighted by Gasteiger charge is 2.12. The Morgan fingerprint density at radius 3 is 2.82 bits per heavy atom. The smallest absolute Gasteiger partial charge is 0.230 e. The van der Waals surface area contributed by atoms with E-state index in [4.69, 9.17) is 0 Å². The largest absolute Gasteiger partial charge is 0.353 e. The molecule has 120 valence electrons. The third-order valence-electron chi connectivity index (χ3n) is 3.62. The molecule has 0 radical (unpaired) electrons. The van der Waals surface area contributed by atoms with E-state index in [1.807, 2.05) is 24.3 Å². The van der Waals surface area contributed by atoms with Gasteiger partial charge in [0.05, 0.1) is 16.8 Å². The van der Waals surface area contributed by atoms with Crippen LogP contribution in [0.25, 0.3) is 11.0 Å². The number of carbonyl (C=O) groups is 1. The summed E-state index contributed by atoms with van der Waals surface area (Å²) in [5.74, 6) is 0.506. The van der Waals surface area contributed by atoms with E-state index in [0.717, 1.165) is 35.5 Å². The first-order valence-electron chi connectivity index (χ1n) is 8.09. The zero-order valence-corrected chi connectivity index (χ0v) is 14.2. The highest BCUT2D eigenvalue weighted by molar-refractivity contribution is 7.99. The van der Waals surface area contributed by atoms with Crippen LogP contribution < -0.4 is 5.32 Å². The minimum Gasteiger partial charge on any atom is -0.353 e. The normalized spacial score (nSPS) is 12.5. The molecule has 2 rings (SSSR count). The molecule has 1 atom stereocenters. The van der Waals surface area contributed by atoms with Crippen molar-refractivity contribution >= 4 is 28.7 Å². The van der Waals surface area contributed by atoms with Gasteiger partial charge in [-0.3, -0.25) is 4.79 Å². The molecule has 1 aromatic heterocycles. The first-order chi connectivity index (χ1) is 10.7. The molecule has 1 heterocycles. The van der Waals surface area contributed by atoms with E-state index in [0.29, 0.717) is 11.8 Å². The lowest BCUT2D eigenvalue weighted by Gasteiger charge is -2.17. The fourth-order valence-corrected chi connectivity index (χ4v) is 3.18. The second-order valence-corrected chi connectivity index (χ2v) is 6.51. The summed E-state index contributed by atoms with van der Waals surface area (Å²) in [6, 6.07) is 8.22. The molecular weight excluding hydrogens is 294 g/mol. The molecule has 22 heavy (non-hydrogen) atoms. The molecule has 0 spiro atoms. The molecule has 0 aliphatic rings. The van der Waals surface area contributed by atoms with E-state index in [2.05, 4.69) is 29.1 Å². The lowest BCUT2D eigenvalue weighted by molar-refractivity contribution is -0.119. The number of unbranched alkanes of at least 4 members (excludes halogenated alkanes) is 1. The number of H-pyrrole nitrogens is 1. The molecule has 0 fully saturated rings. The number of para-hydroxylation sites is 2. The Bertz CT molecular complexity index is 563. The Labute approximate surface area is 136 Å². The van der Waals surface area contributed by atoms with Gasteiger partial charge in [-0.2, -0.15) is 0 Å². The number of imidazole rings is 1. The Morgan fingerprint density at radius 2 is 2.09 bits per heavy atom. The van der Waals surface area contributed by atoms with Crippen molar-refractivity contribution in [2.45, 2.75) is 57.1 Å². The van der Waals surface area contributed by atoms with Crippen LogP contribution in [0.4, 0.5) is 0 Å². The van der Waals surface area contributed by atoms with Crippen LogP contribution >= 0.6 is 11.8 Å². The number of nitrogens with one attached hydrogen (secondary N) is 2. The van der Waals surface area contributed by atoms with Crippen LogP contribution in [0, 0.1) is 0 Å². The quantitative estimate of drug-likeness (QED) is 0.683. The van der Waals surface area contributed by atoms with Crippen LogP contribution in [-0.2, 0) is 4.79 Å². The summed E-state index contributed by atoms with van der Waals surface area (Å²) in [7, 11) is 0. The molecule has 1 unspecified atom stereocenters. The summed E-state index contributed by atoms with van der Waals surface area (Å²) >= 11 is 1.46. The first kappa shape index (κ1) is 16.9. The fourth-order valence-electron chi connectivity index (χ4n) is 2.49. The van der Waals surface area contributed by atoms with Crippen molar-refractivity contribution in [3.05, 3.63) is 24.3 Å². The van der Waals surface area contributed by atoms with E-state index in [9.17, 15) is 4.79 Å². The van der Waals surface area contributed by atoms with E-state index >= 15 is 0 Å². The highest BCUT2D eigenvalue weighted by atomic mass is 32.2. The molecule has 2 N–H and O–H groups in total. The molecule has 0 bridgehead atoms. The van der Waals surface area contributed by atoms with Gasteiger partial charge in [0.1, 0.15) is 0 Å². The molecule has 2 aromatic rings. The lowest BCUT2D eigenvalue weighted by Crippen LogP contribution is -2.35. The number of aromatic nitrogens is 2. The maximum atomic E-state index is 12.1. The van der Waals surface area contributed by atoms with Crippen molar-refractivity contribution in [1.82, 2.24) is 15.3 Å². The highest BCUT2D eigenvalue weighted by Crippen LogP contribution is 2.19. The summed E-state index contributed by atoms with van der Waals surface area (Å²) < 4.78 is 0. The predicted octanol–water partition coefficient (Wildman–Crippen LogP) is 4.13. The number of hydrogen-bond donors (Lipinski definition) is 2.